The molecule has 0 aliphatic carbocycles. The van der Waals surface area contributed by atoms with Crippen LogP contribution in [0.3, 0.4) is 0 Å². The molecule has 0 atom stereocenters. The first-order valence-corrected chi connectivity index (χ1v) is 9.25. The predicted molar refractivity (Wildman–Crippen MR) is 101 cm³/mol. The van der Waals surface area contributed by atoms with E-state index in [2.05, 4.69) is 5.16 Å². The summed E-state index contributed by atoms with van der Waals surface area (Å²) >= 11 is 5.74. The molecule has 0 radical (unpaired) electrons. The molecule has 1 aromatic rings. The monoisotopic (exact) mass is 382 g/mol. The molecule has 1 saturated heterocycles. The molecule has 1 amide bonds. The third kappa shape index (κ3) is 6.41. The summed E-state index contributed by atoms with van der Waals surface area (Å²) in [5.41, 5.74) is 0.181. The normalized spacial score (nSPS) is 16.5. The second-order valence-electron chi connectivity index (χ2n) is 7.46. The lowest BCUT2D eigenvalue weighted by Gasteiger charge is -2.33. The van der Waals surface area contributed by atoms with Gasteiger partial charge in [-0.25, -0.2) is 4.79 Å². The highest BCUT2D eigenvalue weighted by Gasteiger charge is 2.26. The van der Waals surface area contributed by atoms with Gasteiger partial charge >= 0.3 is 6.09 Å². The number of rotatable bonds is 5. The third-order valence-electron chi connectivity index (χ3n) is 4.24. The summed E-state index contributed by atoms with van der Waals surface area (Å²) < 4.78 is 11.2. The number of oxime groups is 1. The van der Waals surface area contributed by atoms with Gasteiger partial charge in [-0.15, -0.1) is 0 Å². The minimum atomic E-state index is -0.454. The Kier molecular flexibility index (Phi) is 7.14. The standard InChI is InChI=1S/C19H27ClN2O4/c1-19(2,3)26-18(23)22-11-8-14(9-12-22)10-13-25-16-6-4-15(5-7-16)17(20)21-24/h4-7,14,24H,8-13H2,1-3H3/b21-17-. The second-order valence-corrected chi connectivity index (χ2v) is 7.82. The summed E-state index contributed by atoms with van der Waals surface area (Å²) in [7, 11) is 0. The molecular weight excluding hydrogens is 356 g/mol. The van der Waals surface area contributed by atoms with Crippen molar-refractivity contribution in [2.24, 2.45) is 11.1 Å². The van der Waals surface area contributed by atoms with E-state index in [-0.39, 0.29) is 11.3 Å². The first kappa shape index (κ1) is 20.4. The van der Waals surface area contributed by atoms with Crippen LogP contribution in [-0.4, -0.2) is 46.7 Å². The summed E-state index contributed by atoms with van der Waals surface area (Å²) in [6.45, 7) is 7.73. The van der Waals surface area contributed by atoms with E-state index in [4.69, 9.17) is 26.3 Å². The van der Waals surface area contributed by atoms with E-state index in [1.807, 2.05) is 20.8 Å². The maximum absolute atomic E-state index is 12.1. The van der Waals surface area contributed by atoms with E-state index in [0.717, 1.165) is 38.1 Å². The highest BCUT2D eigenvalue weighted by atomic mass is 35.5. The van der Waals surface area contributed by atoms with Crippen LogP contribution in [0.2, 0.25) is 0 Å². The van der Waals surface area contributed by atoms with Crippen molar-refractivity contribution in [1.82, 2.24) is 4.90 Å². The van der Waals surface area contributed by atoms with Gasteiger partial charge in [-0.05, 0) is 70.2 Å². The van der Waals surface area contributed by atoms with Gasteiger partial charge in [-0.3, -0.25) is 0 Å². The Morgan fingerprint density at radius 3 is 2.42 bits per heavy atom. The molecule has 2 rings (SSSR count). The lowest BCUT2D eigenvalue weighted by molar-refractivity contribution is 0.0177. The Balaban J connectivity index is 1.69. The summed E-state index contributed by atoms with van der Waals surface area (Å²) in [4.78, 5) is 13.8. The van der Waals surface area contributed by atoms with Gasteiger partial charge in [0.2, 0.25) is 0 Å². The van der Waals surface area contributed by atoms with E-state index in [9.17, 15) is 4.79 Å². The van der Waals surface area contributed by atoms with Gasteiger partial charge in [0.25, 0.3) is 0 Å². The highest BCUT2D eigenvalue weighted by Crippen LogP contribution is 2.23. The zero-order valence-corrected chi connectivity index (χ0v) is 16.3. The van der Waals surface area contributed by atoms with Gasteiger partial charge in [0.05, 0.1) is 6.61 Å². The molecule has 1 aliphatic rings. The molecule has 0 bridgehead atoms. The van der Waals surface area contributed by atoms with Crippen molar-refractivity contribution < 1.29 is 19.5 Å². The van der Waals surface area contributed by atoms with Crippen LogP contribution in [0.4, 0.5) is 4.79 Å². The van der Waals surface area contributed by atoms with Crippen LogP contribution < -0.4 is 4.74 Å². The molecule has 1 heterocycles. The lowest BCUT2D eigenvalue weighted by Crippen LogP contribution is -2.41. The van der Waals surface area contributed by atoms with E-state index in [1.54, 1.807) is 29.2 Å². The molecule has 1 fully saturated rings. The van der Waals surface area contributed by atoms with Crippen LogP contribution >= 0.6 is 11.6 Å². The van der Waals surface area contributed by atoms with Gasteiger partial charge in [-0.1, -0.05) is 16.8 Å². The smallest absolute Gasteiger partial charge is 0.410 e. The number of likely N-dealkylation sites (tertiary alicyclic amines) is 1. The molecule has 1 aromatic carbocycles. The van der Waals surface area contributed by atoms with Gasteiger partial charge < -0.3 is 19.6 Å². The van der Waals surface area contributed by atoms with Crippen molar-refractivity contribution in [3.8, 4) is 5.75 Å². The largest absolute Gasteiger partial charge is 0.494 e. The molecule has 0 saturated carbocycles. The Hall–Kier alpha value is -1.95. The number of benzene rings is 1. The molecule has 0 spiro atoms. The number of nitrogens with zero attached hydrogens (tertiary/aromatic N) is 2. The van der Waals surface area contributed by atoms with E-state index >= 15 is 0 Å². The third-order valence-corrected chi connectivity index (χ3v) is 4.54. The number of piperidine rings is 1. The van der Waals surface area contributed by atoms with Crippen molar-refractivity contribution in [3.05, 3.63) is 29.8 Å². The van der Waals surface area contributed by atoms with Crippen molar-refractivity contribution in [2.75, 3.05) is 19.7 Å². The molecule has 0 unspecified atom stereocenters. The van der Waals surface area contributed by atoms with E-state index in [0.29, 0.717) is 18.1 Å². The van der Waals surface area contributed by atoms with Gasteiger partial charge in [0.15, 0.2) is 5.17 Å². The van der Waals surface area contributed by atoms with E-state index < -0.39 is 5.60 Å². The van der Waals surface area contributed by atoms with Gasteiger partial charge in [-0.2, -0.15) is 0 Å². The quantitative estimate of drug-likeness (QED) is 0.463. The molecule has 1 aliphatic heterocycles. The topological polar surface area (TPSA) is 71.4 Å². The summed E-state index contributed by atoms with van der Waals surface area (Å²) in [6.07, 6.45) is 2.65. The minimum Gasteiger partial charge on any atom is -0.494 e. The molecule has 144 valence electrons. The zero-order valence-electron chi connectivity index (χ0n) is 15.6. The zero-order chi connectivity index (χ0) is 19.2. The van der Waals surface area contributed by atoms with Crippen LogP contribution in [0.1, 0.15) is 45.6 Å². The molecule has 0 aromatic heterocycles. The summed E-state index contributed by atoms with van der Waals surface area (Å²) in [5.74, 6) is 1.30. The van der Waals surface area contributed by atoms with Crippen molar-refractivity contribution in [2.45, 2.75) is 45.6 Å². The Bertz CT molecular complexity index is 617. The fourth-order valence-electron chi connectivity index (χ4n) is 2.82. The molecule has 1 N–H and O–H groups in total. The van der Waals surface area contributed by atoms with Gasteiger partial charge in [0.1, 0.15) is 11.4 Å². The Morgan fingerprint density at radius 2 is 1.88 bits per heavy atom. The van der Waals surface area contributed by atoms with Crippen molar-refractivity contribution in [3.63, 3.8) is 0 Å². The molecular formula is C19H27ClN2O4. The van der Waals surface area contributed by atoms with Crippen molar-refractivity contribution in [1.29, 1.82) is 0 Å². The Labute approximate surface area is 159 Å². The van der Waals surface area contributed by atoms with Gasteiger partial charge in [0, 0.05) is 18.7 Å². The maximum atomic E-state index is 12.1. The van der Waals surface area contributed by atoms with Crippen LogP contribution in [0.25, 0.3) is 0 Å². The number of ether oxygens (including phenoxy) is 2. The number of amides is 1. The maximum Gasteiger partial charge on any atom is 0.410 e. The SMILES string of the molecule is CC(C)(C)OC(=O)N1CCC(CCOc2ccc(/C(Cl)=N/O)cc2)CC1. The van der Waals surface area contributed by atoms with E-state index in [1.165, 1.54) is 0 Å². The fourth-order valence-corrected chi connectivity index (χ4v) is 2.95. The average molecular weight is 383 g/mol. The predicted octanol–water partition coefficient (Wildman–Crippen LogP) is 4.48. The minimum absolute atomic E-state index is 0.0493. The first-order valence-electron chi connectivity index (χ1n) is 8.87. The number of hydrogen-bond donors (Lipinski definition) is 1. The molecule has 26 heavy (non-hydrogen) atoms. The molecule has 6 nitrogen and oxygen atoms in total. The van der Waals surface area contributed by atoms with Crippen LogP contribution in [0.15, 0.2) is 29.4 Å². The lowest BCUT2D eigenvalue weighted by atomic mass is 9.94. The fraction of sp³-hybridized carbons (Fsp3) is 0.579. The number of halogens is 1. The molecule has 7 heteroatoms. The van der Waals surface area contributed by atoms with Crippen LogP contribution in [0.5, 0.6) is 5.75 Å². The number of carbonyl (C=O) groups is 1. The first-order chi connectivity index (χ1) is 12.3. The van der Waals surface area contributed by atoms with Crippen LogP contribution in [-0.2, 0) is 4.74 Å². The average Bonchev–Trinajstić information content (AvgIpc) is 2.61. The summed E-state index contributed by atoms with van der Waals surface area (Å²) in [5, 5.41) is 11.6. The number of carbonyl (C=O) groups excluding carboxylic acids is 1. The Morgan fingerprint density at radius 1 is 1.27 bits per heavy atom. The summed E-state index contributed by atoms with van der Waals surface area (Å²) in [6, 6.07) is 7.09. The van der Waals surface area contributed by atoms with Crippen molar-refractivity contribution >= 4 is 22.9 Å². The highest BCUT2D eigenvalue weighted by molar-refractivity contribution is 6.69. The second kappa shape index (κ2) is 9.12. The van der Waals surface area contributed by atoms with Crippen LogP contribution in [0, 0.1) is 5.92 Å². The number of hydrogen-bond acceptors (Lipinski definition) is 5.